The molecular formula is C23H28FN7O4S. The maximum Gasteiger partial charge on any atom is 0.270 e. The highest BCUT2D eigenvalue weighted by Gasteiger charge is 2.27. The Morgan fingerprint density at radius 1 is 1.22 bits per heavy atom. The fraction of sp³-hybridized carbons (Fsp3) is 0.435. The molecule has 11 nitrogen and oxygen atoms in total. The summed E-state index contributed by atoms with van der Waals surface area (Å²) in [6, 6.07) is 5.86. The van der Waals surface area contributed by atoms with E-state index in [1.807, 2.05) is 0 Å². The molecule has 2 N–H and O–H groups in total. The third kappa shape index (κ3) is 6.61. The Morgan fingerprint density at radius 2 is 2.03 bits per heavy atom. The van der Waals surface area contributed by atoms with Crippen LogP contribution in [0.5, 0.6) is 5.75 Å². The van der Waals surface area contributed by atoms with Crippen LogP contribution in [0.2, 0.25) is 0 Å². The van der Waals surface area contributed by atoms with E-state index in [0.29, 0.717) is 29.3 Å². The first kappa shape index (κ1) is 25.6. The Hall–Kier alpha value is -3.45. The van der Waals surface area contributed by atoms with Crippen molar-refractivity contribution in [2.45, 2.75) is 45.3 Å². The van der Waals surface area contributed by atoms with E-state index in [2.05, 4.69) is 30.3 Å². The monoisotopic (exact) mass is 517 g/mol. The van der Waals surface area contributed by atoms with Crippen LogP contribution in [0.25, 0.3) is 11.4 Å². The minimum Gasteiger partial charge on any atom is -0.494 e. The van der Waals surface area contributed by atoms with Crippen molar-refractivity contribution in [1.29, 1.82) is 0 Å². The summed E-state index contributed by atoms with van der Waals surface area (Å²) >= 11 is 0. The van der Waals surface area contributed by atoms with Gasteiger partial charge in [0.1, 0.15) is 17.2 Å². The lowest BCUT2D eigenvalue weighted by atomic mass is 10.1. The molecular weight excluding hydrogens is 489 g/mol. The zero-order valence-corrected chi connectivity index (χ0v) is 21.0. The Morgan fingerprint density at radius 3 is 2.78 bits per heavy atom. The van der Waals surface area contributed by atoms with Gasteiger partial charge < -0.3 is 10.1 Å². The van der Waals surface area contributed by atoms with Crippen molar-refractivity contribution in [3.05, 3.63) is 53.4 Å². The fourth-order valence-electron chi connectivity index (χ4n) is 4.32. The molecule has 0 radical (unpaired) electrons. The van der Waals surface area contributed by atoms with E-state index in [4.69, 9.17) is 4.74 Å². The van der Waals surface area contributed by atoms with Crippen molar-refractivity contribution in [3.8, 4) is 17.1 Å². The smallest absolute Gasteiger partial charge is 0.270 e. The van der Waals surface area contributed by atoms with Gasteiger partial charge in [0.25, 0.3) is 5.91 Å². The number of hydrogen-bond donors (Lipinski definition) is 2. The number of rotatable bonds is 9. The first-order valence-corrected chi connectivity index (χ1v) is 13.3. The Labute approximate surface area is 208 Å². The van der Waals surface area contributed by atoms with Gasteiger partial charge in [0.2, 0.25) is 10.0 Å². The highest BCUT2D eigenvalue weighted by Crippen LogP contribution is 2.27. The molecule has 1 aliphatic carbocycles. The van der Waals surface area contributed by atoms with Gasteiger partial charge in [-0.1, -0.05) is 11.3 Å². The van der Waals surface area contributed by atoms with Crippen molar-refractivity contribution in [2.24, 2.45) is 5.92 Å². The zero-order chi connectivity index (χ0) is 25.9. The van der Waals surface area contributed by atoms with Crippen LogP contribution in [0.3, 0.4) is 0 Å². The van der Waals surface area contributed by atoms with E-state index >= 15 is 0 Å². The quantitative estimate of drug-likeness (QED) is 0.438. The lowest BCUT2D eigenvalue weighted by Gasteiger charge is -2.11. The van der Waals surface area contributed by atoms with Crippen LogP contribution >= 0.6 is 0 Å². The second-order valence-electron chi connectivity index (χ2n) is 8.93. The van der Waals surface area contributed by atoms with Gasteiger partial charge in [-0.25, -0.2) is 27.5 Å². The molecule has 0 saturated heterocycles. The molecule has 3 aromatic rings. The van der Waals surface area contributed by atoms with Crippen LogP contribution in [0, 0.1) is 18.7 Å². The van der Waals surface area contributed by atoms with E-state index in [1.165, 1.54) is 25.5 Å². The van der Waals surface area contributed by atoms with Gasteiger partial charge in [0.15, 0.2) is 11.6 Å². The third-order valence-electron chi connectivity index (χ3n) is 5.91. The second kappa shape index (κ2) is 10.7. The number of ether oxygens (including phenoxy) is 1. The maximum atomic E-state index is 13.6. The Kier molecular flexibility index (Phi) is 7.59. The summed E-state index contributed by atoms with van der Waals surface area (Å²) in [6.07, 6.45) is 5.33. The molecule has 2 atom stereocenters. The molecule has 192 valence electrons. The van der Waals surface area contributed by atoms with E-state index in [1.54, 1.807) is 29.9 Å². The summed E-state index contributed by atoms with van der Waals surface area (Å²) < 4.78 is 45.9. The van der Waals surface area contributed by atoms with Crippen molar-refractivity contribution in [1.82, 2.24) is 35.0 Å². The van der Waals surface area contributed by atoms with Crippen molar-refractivity contribution in [2.75, 3.05) is 13.4 Å². The number of hydrogen-bond acceptors (Lipinski definition) is 8. The number of carbonyl (C=O) groups excluding carboxylic acids is 1. The van der Waals surface area contributed by atoms with Crippen LogP contribution in [0.15, 0.2) is 30.5 Å². The lowest BCUT2D eigenvalue weighted by Crippen LogP contribution is -2.32. The molecule has 2 aromatic heterocycles. The van der Waals surface area contributed by atoms with Gasteiger partial charge in [-0.3, -0.25) is 9.48 Å². The predicted molar refractivity (Wildman–Crippen MR) is 129 cm³/mol. The normalized spacial score (nSPS) is 17.8. The summed E-state index contributed by atoms with van der Waals surface area (Å²) in [7, 11) is -1.85. The molecule has 13 heteroatoms. The summed E-state index contributed by atoms with van der Waals surface area (Å²) in [4.78, 5) is 21.4. The second-order valence-corrected chi connectivity index (χ2v) is 10.7. The van der Waals surface area contributed by atoms with E-state index < -0.39 is 21.7 Å². The first-order valence-electron chi connectivity index (χ1n) is 11.4. The van der Waals surface area contributed by atoms with Crippen molar-refractivity contribution in [3.63, 3.8) is 0 Å². The number of halogens is 1. The number of aromatic nitrogens is 5. The molecule has 0 aliphatic heterocycles. The van der Waals surface area contributed by atoms with Gasteiger partial charge in [-0.2, -0.15) is 0 Å². The summed E-state index contributed by atoms with van der Waals surface area (Å²) in [5, 5.41) is 11.2. The van der Waals surface area contributed by atoms with Crippen LogP contribution in [-0.2, 0) is 23.1 Å². The Bertz CT molecular complexity index is 1360. The fourth-order valence-corrected chi connectivity index (χ4v) is 5.14. The minimum absolute atomic E-state index is 0.0606. The SMILES string of the molecule is COc1cc(CNC(=O)c2cc(-c3cn(CC4CCC(NS(C)(=O)=O)C4)nn3)nc(C)n2)ccc1F. The van der Waals surface area contributed by atoms with Crippen LogP contribution in [-0.4, -0.2) is 58.7 Å². The predicted octanol–water partition coefficient (Wildman–Crippen LogP) is 1.84. The molecule has 1 fully saturated rings. The number of amides is 1. The average Bonchev–Trinajstić information content (AvgIpc) is 3.46. The maximum absolute atomic E-state index is 13.6. The van der Waals surface area contributed by atoms with Gasteiger partial charge >= 0.3 is 0 Å². The molecule has 1 aliphatic rings. The zero-order valence-electron chi connectivity index (χ0n) is 20.2. The average molecular weight is 518 g/mol. The highest BCUT2D eigenvalue weighted by atomic mass is 32.2. The van der Waals surface area contributed by atoms with Crippen LogP contribution in [0.1, 0.15) is 41.1 Å². The molecule has 4 rings (SSSR count). The highest BCUT2D eigenvalue weighted by molar-refractivity contribution is 7.88. The first-order chi connectivity index (χ1) is 17.1. The molecule has 2 unspecified atom stereocenters. The molecule has 1 aromatic carbocycles. The van der Waals surface area contributed by atoms with E-state index in [0.717, 1.165) is 19.3 Å². The number of aryl methyl sites for hydroxylation is 1. The van der Waals surface area contributed by atoms with Gasteiger partial charge in [0.05, 0.1) is 25.3 Å². The largest absolute Gasteiger partial charge is 0.494 e. The molecule has 36 heavy (non-hydrogen) atoms. The summed E-state index contributed by atoms with van der Waals surface area (Å²) in [5.41, 5.74) is 1.81. The topological polar surface area (TPSA) is 141 Å². The van der Waals surface area contributed by atoms with Crippen LogP contribution < -0.4 is 14.8 Å². The van der Waals surface area contributed by atoms with Gasteiger partial charge in [-0.15, -0.1) is 5.10 Å². The molecule has 1 amide bonds. The van der Waals surface area contributed by atoms with Crippen molar-refractivity contribution >= 4 is 15.9 Å². The van der Waals surface area contributed by atoms with Crippen LogP contribution in [0.4, 0.5) is 4.39 Å². The van der Waals surface area contributed by atoms with Crippen molar-refractivity contribution < 1.29 is 22.3 Å². The standard InChI is InChI=1S/C23H28FN7O4S/c1-14-26-19(10-20(27-14)23(32)25-11-15-5-7-18(24)22(9-15)35-2)21-13-31(30-28-21)12-16-4-6-17(8-16)29-36(3,33)34/h5,7,9-10,13,16-17,29H,4,6,8,11-12H2,1-3H3,(H,25,32). The molecule has 0 bridgehead atoms. The summed E-state index contributed by atoms with van der Waals surface area (Å²) in [5.74, 6) is -0.105. The third-order valence-corrected chi connectivity index (χ3v) is 6.67. The number of nitrogens with one attached hydrogen (secondary N) is 2. The van der Waals surface area contributed by atoms with Gasteiger partial charge in [-0.05, 0) is 55.9 Å². The lowest BCUT2D eigenvalue weighted by molar-refractivity contribution is 0.0945. The van der Waals surface area contributed by atoms with E-state index in [-0.39, 0.29) is 29.9 Å². The molecule has 1 saturated carbocycles. The van der Waals surface area contributed by atoms with Gasteiger partial charge in [0, 0.05) is 19.1 Å². The number of benzene rings is 1. The molecule has 2 heterocycles. The number of methoxy groups -OCH3 is 1. The van der Waals surface area contributed by atoms with E-state index in [9.17, 15) is 17.6 Å². The minimum atomic E-state index is -3.23. The number of carbonyl (C=O) groups is 1. The number of nitrogens with zero attached hydrogens (tertiary/aromatic N) is 5. The Balaban J connectivity index is 1.40. The number of sulfonamides is 1. The molecule has 0 spiro atoms. The summed E-state index contributed by atoms with van der Waals surface area (Å²) in [6.45, 7) is 2.46.